The molecule has 0 aliphatic rings. The molecule has 8 nitrogen and oxygen atoms in total. The molecule has 124 valence electrons. The summed E-state index contributed by atoms with van der Waals surface area (Å²) in [6.07, 6.45) is -0.731. The van der Waals surface area contributed by atoms with Crippen LogP contribution in [0.2, 0.25) is 0 Å². The zero-order valence-corrected chi connectivity index (χ0v) is 14.0. The van der Waals surface area contributed by atoms with Crippen LogP contribution in [0.1, 0.15) is 38.1 Å². The molecule has 0 radical (unpaired) electrons. The van der Waals surface area contributed by atoms with Crippen LogP contribution in [0.15, 0.2) is 0 Å². The third-order valence-corrected chi connectivity index (χ3v) is 2.98. The summed E-state index contributed by atoms with van der Waals surface area (Å²) in [5, 5.41) is 13.7. The fraction of sp³-hybridized carbons (Fsp3) is 0.643. The Bertz CT molecular complexity index is 574. The van der Waals surface area contributed by atoms with E-state index in [1.807, 2.05) is 0 Å². The predicted octanol–water partition coefficient (Wildman–Crippen LogP) is 1.73. The highest BCUT2D eigenvalue weighted by Gasteiger charge is 2.36. The highest BCUT2D eigenvalue weighted by Crippen LogP contribution is 2.32. The van der Waals surface area contributed by atoms with Crippen LogP contribution in [-0.2, 0) is 16.6 Å². The third kappa shape index (κ3) is 3.69. The van der Waals surface area contributed by atoms with Gasteiger partial charge in [0.2, 0.25) is 5.88 Å². The molecule has 1 N–H and O–H groups in total. The molecule has 1 aromatic heterocycles. The summed E-state index contributed by atoms with van der Waals surface area (Å²) in [6.45, 7) is 6.80. The highest BCUT2D eigenvalue weighted by molar-refractivity contribution is 5.82. The van der Waals surface area contributed by atoms with Crippen molar-refractivity contribution in [3.63, 3.8) is 0 Å². The molecule has 0 aromatic carbocycles. The number of amides is 1. The molecule has 0 spiro atoms. The third-order valence-electron chi connectivity index (χ3n) is 2.98. The quantitative estimate of drug-likeness (QED) is 0.909. The SMILES string of the molecule is COc1c(C(C(=O)O)N(C)C(=O)OC(C)(C)C)c(C)nn1C. The van der Waals surface area contributed by atoms with Gasteiger partial charge in [0.1, 0.15) is 5.60 Å². The predicted molar refractivity (Wildman–Crippen MR) is 78.9 cm³/mol. The summed E-state index contributed by atoms with van der Waals surface area (Å²) >= 11 is 0. The topological polar surface area (TPSA) is 93.9 Å². The van der Waals surface area contributed by atoms with Gasteiger partial charge in [-0.05, 0) is 27.7 Å². The van der Waals surface area contributed by atoms with Gasteiger partial charge >= 0.3 is 12.1 Å². The van der Waals surface area contributed by atoms with E-state index >= 15 is 0 Å². The molecule has 1 heterocycles. The zero-order valence-electron chi connectivity index (χ0n) is 14.0. The van der Waals surface area contributed by atoms with Gasteiger partial charge in [-0.1, -0.05) is 0 Å². The van der Waals surface area contributed by atoms with E-state index in [1.165, 1.54) is 18.8 Å². The molecule has 0 bridgehead atoms. The lowest BCUT2D eigenvalue weighted by molar-refractivity contribution is -0.143. The van der Waals surface area contributed by atoms with Crippen molar-refractivity contribution in [3.05, 3.63) is 11.3 Å². The summed E-state index contributed by atoms with van der Waals surface area (Å²) in [5.74, 6) is -0.900. The molecule has 1 amide bonds. The monoisotopic (exact) mass is 313 g/mol. The number of aromatic nitrogens is 2. The molecule has 0 aliphatic carbocycles. The van der Waals surface area contributed by atoms with Crippen LogP contribution in [0.3, 0.4) is 0 Å². The van der Waals surface area contributed by atoms with Crippen LogP contribution in [0, 0.1) is 6.92 Å². The Hall–Kier alpha value is -2.25. The van der Waals surface area contributed by atoms with Crippen molar-refractivity contribution in [1.29, 1.82) is 0 Å². The zero-order chi connectivity index (χ0) is 17.2. The van der Waals surface area contributed by atoms with E-state index in [9.17, 15) is 14.7 Å². The first-order chi connectivity index (χ1) is 9.99. The number of carbonyl (C=O) groups is 2. The number of carboxylic acid groups (broad SMARTS) is 1. The maximum absolute atomic E-state index is 12.2. The van der Waals surface area contributed by atoms with Gasteiger partial charge in [-0.15, -0.1) is 0 Å². The lowest BCUT2D eigenvalue weighted by Gasteiger charge is -2.28. The van der Waals surface area contributed by atoms with E-state index in [2.05, 4.69) is 5.10 Å². The lowest BCUT2D eigenvalue weighted by Crippen LogP contribution is -2.40. The number of ether oxygens (including phenoxy) is 2. The van der Waals surface area contributed by atoms with Gasteiger partial charge in [0.15, 0.2) is 6.04 Å². The van der Waals surface area contributed by atoms with Crippen molar-refractivity contribution in [2.45, 2.75) is 39.3 Å². The minimum absolute atomic E-state index is 0.292. The molecular formula is C14H23N3O5. The van der Waals surface area contributed by atoms with Crippen molar-refractivity contribution in [1.82, 2.24) is 14.7 Å². The van der Waals surface area contributed by atoms with Gasteiger partial charge in [-0.25, -0.2) is 14.3 Å². The lowest BCUT2D eigenvalue weighted by atomic mass is 10.1. The Morgan fingerprint density at radius 3 is 2.32 bits per heavy atom. The second-order valence-corrected chi connectivity index (χ2v) is 5.96. The van der Waals surface area contributed by atoms with Gasteiger partial charge in [-0.3, -0.25) is 4.90 Å². The van der Waals surface area contributed by atoms with Crippen molar-refractivity contribution >= 4 is 12.1 Å². The normalized spacial score (nSPS) is 12.7. The molecule has 0 saturated heterocycles. The smallest absolute Gasteiger partial charge is 0.411 e. The average molecular weight is 313 g/mol. The summed E-state index contributed by atoms with van der Waals surface area (Å²) in [7, 11) is 4.44. The van der Waals surface area contributed by atoms with Gasteiger partial charge in [0.05, 0.1) is 18.4 Å². The first kappa shape index (κ1) is 17.8. The van der Waals surface area contributed by atoms with Gasteiger partial charge in [0, 0.05) is 14.1 Å². The average Bonchev–Trinajstić information content (AvgIpc) is 2.61. The van der Waals surface area contributed by atoms with E-state index in [1.54, 1.807) is 34.7 Å². The second kappa shape index (κ2) is 6.25. The van der Waals surface area contributed by atoms with Crippen molar-refractivity contribution in [2.75, 3.05) is 14.2 Å². The van der Waals surface area contributed by atoms with Crippen LogP contribution in [-0.4, -0.2) is 51.6 Å². The number of carboxylic acids is 1. The minimum Gasteiger partial charge on any atom is -0.481 e. The van der Waals surface area contributed by atoms with Crippen LogP contribution in [0.4, 0.5) is 4.79 Å². The molecule has 22 heavy (non-hydrogen) atoms. The molecule has 1 unspecified atom stereocenters. The molecule has 1 aromatic rings. The number of aliphatic carboxylic acids is 1. The molecule has 0 saturated carbocycles. The first-order valence-corrected chi connectivity index (χ1v) is 6.75. The van der Waals surface area contributed by atoms with E-state index in [4.69, 9.17) is 9.47 Å². The number of likely N-dealkylation sites (N-methyl/N-ethyl adjacent to an activating group) is 1. The fourth-order valence-electron chi connectivity index (χ4n) is 2.13. The van der Waals surface area contributed by atoms with Crippen LogP contribution < -0.4 is 4.74 Å². The maximum Gasteiger partial charge on any atom is 0.411 e. The largest absolute Gasteiger partial charge is 0.481 e. The van der Waals surface area contributed by atoms with E-state index < -0.39 is 23.7 Å². The van der Waals surface area contributed by atoms with Gasteiger partial charge < -0.3 is 14.6 Å². The van der Waals surface area contributed by atoms with Gasteiger partial charge in [0.25, 0.3) is 0 Å². The minimum atomic E-state index is -1.25. The Balaban J connectivity index is 3.25. The Morgan fingerprint density at radius 2 is 1.91 bits per heavy atom. The first-order valence-electron chi connectivity index (χ1n) is 6.75. The number of aryl methyl sites for hydroxylation is 2. The highest BCUT2D eigenvalue weighted by atomic mass is 16.6. The number of rotatable bonds is 4. The van der Waals surface area contributed by atoms with Crippen molar-refractivity contribution < 1.29 is 24.2 Å². The molecular weight excluding hydrogens is 290 g/mol. The number of methoxy groups -OCH3 is 1. The second-order valence-electron chi connectivity index (χ2n) is 5.96. The fourth-order valence-corrected chi connectivity index (χ4v) is 2.13. The van der Waals surface area contributed by atoms with Crippen molar-refractivity contribution in [2.24, 2.45) is 7.05 Å². The molecule has 8 heteroatoms. The van der Waals surface area contributed by atoms with Crippen LogP contribution in [0.5, 0.6) is 5.88 Å². The summed E-state index contributed by atoms with van der Waals surface area (Å²) in [5.41, 5.74) is 0.0793. The van der Waals surface area contributed by atoms with Crippen LogP contribution in [0.25, 0.3) is 0 Å². The molecule has 0 fully saturated rings. The number of nitrogens with zero attached hydrogens (tertiary/aromatic N) is 3. The maximum atomic E-state index is 12.2. The summed E-state index contributed by atoms with van der Waals surface area (Å²) in [6, 6.07) is -1.25. The standard InChI is InChI=1S/C14H23N3O5/c1-8-9(11(21-7)17(6)15-8)10(12(18)19)16(5)13(20)22-14(2,3)4/h10H,1-7H3,(H,18,19). The molecule has 1 atom stereocenters. The Morgan fingerprint density at radius 1 is 1.36 bits per heavy atom. The van der Waals surface area contributed by atoms with Crippen molar-refractivity contribution in [3.8, 4) is 5.88 Å². The summed E-state index contributed by atoms with van der Waals surface area (Å²) < 4.78 is 11.9. The van der Waals surface area contributed by atoms with Gasteiger partial charge in [-0.2, -0.15) is 5.10 Å². The van der Waals surface area contributed by atoms with E-state index in [-0.39, 0.29) is 0 Å². The summed E-state index contributed by atoms with van der Waals surface area (Å²) in [4.78, 5) is 24.9. The number of hydrogen-bond donors (Lipinski definition) is 1. The van der Waals surface area contributed by atoms with E-state index in [0.717, 1.165) is 4.90 Å². The Labute approximate surface area is 129 Å². The van der Waals surface area contributed by atoms with Crippen LogP contribution >= 0.6 is 0 Å². The molecule has 0 aliphatic heterocycles. The number of hydrogen-bond acceptors (Lipinski definition) is 5. The Kier molecular flexibility index (Phi) is 5.05. The van der Waals surface area contributed by atoms with E-state index in [0.29, 0.717) is 17.1 Å². The number of carbonyl (C=O) groups excluding carboxylic acids is 1. The molecule has 1 rings (SSSR count).